The van der Waals surface area contributed by atoms with E-state index < -0.39 is 12.1 Å². The summed E-state index contributed by atoms with van der Waals surface area (Å²) in [6, 6.07) is 18.9. The van der Waals surface area contributed by atoms with Crippen molar-refractivity contribution in [3.63, 3.8) is 0 Å². The number of amides is 1. The topological polar surface area (TPSA) is 46.6 Å². The molecule has 0 saturated carbocycles. The summed E-state index contributed by atoms with van der Waals surface area (Å²) in [7, 11) is 0. The molecular formula is C21H20INO3S. The van der Waals surface area contributed by atoms with Crippen molar-refractivity contribution in [2.45, 2.75) is 40.0 Å². The molecule has 0 aromatic heterocycles. The van der Waals surface area contributed by atoms with Crippen LogP contribution in [0.3, 0.4) is 0 Å². The predicted octanol–water partition coefficient (Wildman–Crippen LogP) is 4.19. The van der Waals surface area contributed by atoms with Crippen LogP contribution in [0.1, 0.15) is 31.1 Å². The van der Waals surface area contributed by atoms with E-state index in [4.69, 9.17) is 4.74 Å². The molecule has 0 aliphatic carbocycles. The van der Waals surface area contributed by atoms with Gasteiger partial charge in [-0.3, -0.25) is 4.79 Å². The Morgan fingerprint density at radius 2 is 1.59 bits per heavy atom. The quantitative estimate of drug-likeness (QED) is 0.278. The average Bonchev–Trinajstić information content (AvgIpc) is 2.95. The van der Waals surface area contributed by atoms with Gasteiger partial charge in [0.25, 0.3) is 0 Å². The van der Waals surface area contributed by atoms with Gasteiger partial charge < -0.3 is 9.64 Å². The highest BCUT2D eigenvalue weighted by Crippen LogP contribution is 2.53. The molecule has 0 spiro atoms. The number of ether oxygens (including phenoxy) is 1. The molecule has 3 atom stereocenters. The van der Waals surface area contributed by atoms with E-state index in [0.29, 0.717) is 0 Å². The van der Waals surface area contributed by atoms with Crippen molar-refractivity contribution < 1.29 is 14.3 Å². The summed E-state index contributed by atoms with van der Waals surface area (Å²) in [6.07, 6.45) is -0.494. The number of carbonyl (C=O) groups is 2. The van der Waals surface area contributed by atoms with Gasteiger partial charge in [-0.25, -0.2) is 4.79 Å². The molecule has 2 aliphatic heterocycles. The average molecular weight is 493 g/mol. The maximum Gasteiger partial charge on any atom is 0.331 e. The predicted molar refractivity (Wildman–Crippen MR) is 115 cm³/mol. The van der Waals surface area contributed by atoms with Gasteiger partial charge in [-0.05, 0) is 25.0 Å². The lowest BCUT2D eigenvalue weighted by Gasteiger charge is -2.41. The number of hydrogen-bond donors (Lipinski definition) is 0. The third kappa shape index (κ3) is 3.27. The summed E-state index contributed by atoms with van der Waals surface area (Å²) in [4.78, 5) is 27.3. The van der Waals surface area contributed by atoms with E-state index in [0.717, 1.165) is 11.1 Å². The number of thioether (sulfide) groups is 1. The van der Waals surface area contributed by atoms with Crippen molar-refractivity contribution in [1.82, 2.24) is 4.90 Å². The van der Waals surface area contributed by atoms with Crippen molar-refractivity contribution in [2.75, 3.05) is 0 Å². The normalized spacial score (nSPS) is 25.9. The Bertz CT molecular complexity index is 819. The maximum absolute atomic E-state index is 13.2. The molecular weight excluding hydrogens is 473 g/mol. The number of fused-ring (bicyclic) bond motifs is 1. The second-order valence-corrected chi connectivity index (χ2v) is 10.4. The van der Waals surface area contributed by atoms with Crippen LogP contribution in [0.25, 0.3) is 0 Å². The van der Waals surface area contributed by atoms with E-state index in [1.54, 1.807) is 16.7 Å². The third-order valence-electron chi connectivity index (χ3n) is 5.04. The van der Waals surface area contributed by atoms with Crippen molar-refractivity contribution >= 4 is 46.2 Å². The Labute approximate surface area is 176 Å². The van der Waals surface area contributed by atoms with Crippen molar-refractivity contribution in [1.29, 1.82) is 0 Å². The molecule has 1 amide bonds. The number of halogens is 1. The van der Waals surface area contributed by atoms with Crippen LogP contribution in [0, 0.1) is 0 Å². The Kier molecular flexibility index (Phi) is 4.96. The fourth-order valence-electron chi connectivity index (χ4n) is 3.71. The molecule has 2 aromatic carbocycles. The standard InChI is InChI=1S/C21H20INO3S/c1-21(2)17(23-18(24)15(22)19(23)27-21)20(25)26-16(13-9-5-3-6-10-13)14-11-7-4-8-12-14/h3-12,15-17,19H,1-2H3/t15-,17+,19-/m1/s1. The molecule has 6 heteroatoms. The van der Waals surface area contributed by atoms with Crippen LogP contribution < -0.4 is 0 Å². The first-order valence-electron chi connectivity index (χ1n) is 8.84. The fourth-order valence-corrected chi connectivity index (χ4v) is 6.36. The minimum Gasteiger partial charge on any atom is -0.451 e. The number of benzene rings is 2. The second-order valence-electron chi connectivity index (χ2n) is 7.30. The molecule has 0 bridgehead atoms. The Balaban J connectivity index is 1.64. The molecule has 4 rings (SSSR count). The number of rotatable bonds is 4. The van der Waals surface area contributed by atoms with E-state index in [1.165, 1.54) is 0 Å². The van der Waals surface area contributed by atoms with E-state index in [2.05, 4.69) is 22.6 Å². The lowest BCUT2D eigenvalue weighted by Crippen LogP contribution is -2.63. The molecule has 2 fully saturated rings. The number of hydrogen-bond acceptors (Lipinski definition) is 4. The van der Waals surface area contributed by atoms with Gasteiger partial charge in [0, 0.05) is 4.75 Å². The van der Waals surface area contributed by atoms with Gasteiger partial charge in [0.2, 0.25) is 5.91 Å². The first kappa shape index (κ1) is 18.8. The van der Waals surface area contributed by atoms with Gasteiger partial charge in [0.05, 0.1) is 0 Å². The van der Waals surface area contributed by atoms with E-state index >= 15 is 0 Å². The summed E-state index contributed by atoms with van der Waals surface area (Å²) in [6.45, 7) is 4.02. The summed E-state index contributed by atoms with van der Waals surface area (Å²) < 4.78 is 5.58. The zero-order valence-corrected chi connectivity index (χ0v) is 18.0. The van der Waals surface area contributed by atoms with Gasteiger partial charge in [-0.2, -0.15) is 0 Å². The molecule has 27 heavy (non-hydrogen) atoms. The van der Waals surface area contributed by atoms with Gasteiger partial charge in [-0.1, -0.05) is 83.3 Å². The number of carbonyl (C=O) groups excluding carboxylic acids is 2. The minimum atomic E-state index is -0.569. The van der Waals surface area contributed by atoms with Crippen LogP contribution in [-0.4, -0.2) is 36.9 Å². The van der Waals surface area contributed by atoms with Crippen molar-refractivity contribution in [3.8, 4) is 0 Å². The van der Waals surface area contributed by atoms with Crippen LogP contribution >= 0.6 is 34.4 Å². The molecule has 2 heterocycles. The van der Waals surface area contributed by atoms with Crippen LogP contribution in [0.5, 0.6) is 0 Å². The summed E-state index contributed by atoms with van der Waals surface area (Å²) >= 11 is 3.85. The van der Waals surface area contributed by atoms with Crippen LogP contribution in [0.2, 0.25) is 0 Å². The summed E-state index contributed by atoms with van der Waals surface area (Å²) in [5, 5.41) is 0.0533. The molecule has 0 N–H and O–H groups in total. The summed E-state index contributed by atoms with van der Waals surface area (Å²) in [5.74, 6) is -0.319. The van der Waals surface area contributed by atoms with Gasteiger partial charge >= 0.3 is 5.97 Å². The largest absolute Gasteiger partial charge is 0.451 e. The highest BCUT2D eigenvalue weighted by atomic mass is 127. The first-order valence-corrected chi connectivity index (χ1v) is 11.0. The molecule has 0 radical (unpaired) electrons. The number of esters is 1. The van der Waals surface area contributed by atoms with Crippen molar-refractivity contribution in [3.05, 3.63) is 71.8 Å². The number of β-lactam (4-membered cyclic amide) rings is 1. The molecule has 2 aromatic rings. The monoisotopic (exact) mass is 493 g/mol. The number of alkyl halides is 1. The highest BCUT2D eigenvalue weighted by molar-refractivity contribution is 14.1. The van der Waals surface area contributed by atoms with E-state index in [-0.39, 0.29) is 25.9 Å². The molecule has 4 nitrogen and oxygen atoms in total. The van der Waals surface area contributed by atoms with Crippen LogP contribution in [-0.2, 0) is 14.3 Å². The fraction of sp³-hybridized carbons (Fsp3) is 0.333. The van der Waals surface area contributed by atoms with Crippen molar-refractivity contribution in [2.24, 2.45) is 0 Å². The zero-order chi connectivity index (χ0) is 19.2. The van der Waals surface area contributed by atoms with Crippen LogP contribution in [0.4, 0.5) is 0 Å². The minimum absolute atomic E-state index is 0.0246. The smallest absolute Gasteiger partial charge is 0.331 e. The molecule has 2 aliphatic rings. The first-order chi connectivity index (χ1) is 12.9. The van der Waals surface area contributed by atoms with E-state index in [1.807, 2.05) is 74.5 Å². The Morgan fingerprint density at radius 1 is 1.07 bits per heavy atom. The lowest BCUT2D eigenvalue weighted by molar-refractivity contribution is -0.163. The lowest BCUT2D eigenvalue weighted by atomic mass is 9.97. The third-order valence-corrected chi connectivity index (χ3v) is 8.31. The molecule has 140 valence electrons. The summed E-state index contributed by atoms with van der Waals surface area (Å²) in [5.41, 5.74) is 1.83. The maximum atomic E-state index is 13.2. The number of nitrogens with zero attached hydrogens (tertiary/aromatic N) is 1. The second kappa shape index (κ2) is 7.13. The molecule has 2 saturated heterocycles. The van der Waals surface area contributed by atoms with Crippen LogP contribution in [0.15, 0.2) is 60.7 Å². The highest BCUT2D eigenvalue weighted by Gasteiger charge is 2.63. The van der Waals surface area contributed by atoms with Gasteiger partial charge in [0.1, 0.15) is 15.3 Å². The molecule has 0 unspecified atom stereocenters. The SMILES string of the molecule is CC1(C)S[C@@H]2[C@H](I)C(=O)N2[C@H]1C(=O)OC(c1ccccc1)c1ccccc1. The van der Waals surface area contributed by atoms with Gasteiger partial charge in [0.15, 0.2) is 6.10 Å². The Hall–Kier alpha value is -1.54. The van der Waals surface area contributed by atoms with E-state index in [9.17, 15) is 9.59 Å². The Morgan fingerprint density at radius 3 is 2.11 bits per heavy atom. The zero-order valence-electron chi connectivity index (χ0n) is 15.0. The van der Waals surface area contributed by atoms with Gasteiger partial charge in [-0.15, -0.1) is 11.8 Å².